The fraction of sp³-hybridized carbons (Fsp3) is 0.316. The number of nitrogens with one attached hydrogen (secondary N) is 2. The van der Waals surface area contributed by atoms with Crippen LogP contribution in [-0.2, 0) is 11.2 Å². The standard InChI is InChI=1S/C19H21N7O/c1-10-5-6-14-15(7-10)23-18(22-14)13(4)21-17(27)9-16-24-19-20-11(2)8-12(3)26(19)25-16/h5-8,13H,9H2,1-4H3,(H,21,27)(H,22,23). The number of hydrogen-bond acceptors (Lipinski definition) is 5. The number of aryl methyl sites for hydroxylation is 3. The van der Waals surface area contributed by atoms with Crippen molar-refractivity contribution in [3.8, 4) is 0 Å². The van der Waals surface area contributed by atoms with Crippen LogP contribution in [0, 0.1) is 20.8 Å². The molecule has 0 saturated heterocycles. The third-order valence-corrected chi connectivity index (χ3v) is 4.42. The van der Waals surface area contributed by atoms with E-state index in [1.807, 2.05) is 52.0 Å². The highest BCUT2D eigenvalue weighted by Gasteiger charge is 2.16. The summed E-state index contributed by atoms with van der Waals surface area (Å²) in [6.07, 6.45) is 0.0888. The molecule has 0 bridgehead atoms. The lowest BCUT2D eigenvalue weighted by Gasteiger charge is -2.10. The molecule has 3 aromatic heterocycles. The summed E-state index contributed by atoms with van der Waals surface area (Å²) in [5, 5.41) is 7.32. The summed E-state index contributed by atoms with van der Waals surface area (Å²) in [4.78, 5) is 29.0. The first-order valence-corrected chi connectivity index (χ1v) is 8.84. The topological polar surface area (TPSA) is 101 Å². The minimum atomic E-state index is -0.246. The first kappa shape index (κ1) is 17.1. The zero-order valence-electron chi connectivity index (χ0n) is 15.7. The highest BCUT2D eigenvalue weighted by Crippen LogP contribution is 2.17. The van der Waals surface area contributed by atoms with Crippen LogP contribution in [0.25, 0.3) is 16.8 Å². The third-order valence-electron chi connectivity index (χ3n) is 4.42. The molecule has 8 heteroatoms. The number of H-pyrrole nitrogens is 1. The van der Waals surface area contributed by atoms with Crippen molar-refractivity contribution in [2.75, 3.05) is 0 Å². The molecule has 1 aromatic carbocycles. The number of carbonyl (C=O) groups excluding carboxylic acids is 1. The fourth-order valence-corrected chi connectivity index (χ4v) is 3.14. The van der Waals surface area contributed by atoms with Gasteiger partial charge in [-0.2, -0.15) is 4.98 Å². The Bertz CT molecular complexity index is 1160. The van der Waals surface area contributed by atoms with Gasteiger partial charge in [0.25, 0.3) is 5.78 Å². The SMILES string of the molecule is Cc1ccc2nc(C(C)NC(=O)Cc3nc4nc(C)cc(C)n4n3)[nH]c2c1. The second-order valence-electron chi connectivity index (χ2n) is 6.89. The molecule has 0 radical (unpaired) electrons. The first-order chi connectivity index (χ1) is 12.9. The summed E-state index contributed by atoms with van der Waals surface area (Å²) >= 11 is 0. The molecule has 1 atom stereocenters. The molecule has 0 aliphatic heterocycles. The average molecular weight is 363 g/mol. The fourth-order valence-electron chi connectivity index (χ4n) is 3.14. The molecule has 1 unspecified atom stereocenters. The number of fused-ring (bicyclic) bond motifs is 2. The Morgan fingerprint density at radius 3 is 2.81 bits per heavy atom. The summed E-state index contributed by atoms with van der Waals surface area (Å²) < 4.78 is 1.65. The van der Waals surface area contributed by atoms with Gasteiger partial charge in [0.05, 0.1) is 23.5 Å². The van der Waals surface area contributed by atoms with Crippen LogP contribution in [0.15, 0.2) is 24.3 Å². The largest absolute Gasteiger partial charge is 0.346 e. The molecule has 0 spiro atoms. The molecular formula is C19H21N7O. The molecule has 0 aliphatic rings. The van der Waals surface area contributed by atoms with E-state index in [1.165, 1.54) is 0 Å². The summed E-state index contributed by atoms with van der Waals surface area (Å²) in [6.45, 7) is 7.77. The van der Waals surface area contributed by atoms with E-state index in [0.717, 1.165) is 33.8 Å². The number of nitrogens with zero attached hydrogens (tertiary/aromatic N) is 5. The van der Waals surface area contributed by atoms with Gasteiger partial charge in [-0.1, -0.05) is 6.07 Å². The molecule has 138 valence electrons. The van der Waals surface area contributed by atoms with Crippen LogP contribution in [0.1, 0.15) is 41.6 Å². The monoisotopic (exact) mass is 363 g/mol. The molecule has 4 aromatic rings. The van der Waals surface area contributed by atoms with Gasteiger partial charge >= 0.3 is 0 Å². The van der Waals surface area contributed by atoms with Crippen LogP contribution in [0.5, 0.6) is 0 Å². The molecule has 8 nitrogen and oxygen atoms in total. The van der Waals surface area contributed by atoms with Crippen molar-refractivity contribution in [2.45, 2.75) is 40.2 Å². The summed E-state index contributed by atoms with van der Waals surface area (Å²) in [7, 11) is 0. The van der Waals surface area contributed by atoms with Gasteiger partial charge in [-0.15, -0.1) is 5.10 Å². The van der Waals surface area contributed by atoms with Gasteiger partial charge in [-0.25, -0.2) is 14.5 Å². The zero-order chi connectivity index (χ0) is 19.1. The van der Waals surface area contributed by atoms with Gasteiger partial charge in [0.15, 0.2) is 5.82 Å². The number of amides is 1. The number of imidazole rings is 1. The second-order valence-corrected chi connectivity index (χ2v) is 6.89. The third kappa shape index (κ3) is 3.38. The molecule has 2 N–H and O–H groups in total. The smallest absolute Gasteiger partial charge is 0.252 e. The van der Waals surface area contributed by atoms with Crippen LogP contribution >= 0.6 is 0 Å². The van der Waals surface area contributed by atoms with E-state index >= 15 is 0 Å². The van der Waals surface area contributed by atoms with E-state index in [1.54, 1.807) is 4.52 Å². The molecule has 0 saturated carbocycles. The molecular weight excluding hydrogens is 342 g/mol. The maximum atomic E-state index is 12.4. The van der Waals surface area contributed by atoms with E-state index in [2.05, 4.69) is 30.4 Å². The Morgan fingerprint density at radius 1 is 1.19 bits per heavy atom. The first-order valence-electron chi connectivity index (χ1n) is 8.84. The Kier molecular flexibility index (Phi) is 4.10. The zero-order valence-corrected chi connectivity index (χ0v) is 15.7. The Labute approximate surface area is 156 Å². The van der Waals surface area contributed by atoms with Crippen molar-refractivity contribution in [1.29, 1.82) is 0 Å². The minimum Gasteiger partial charge on any atom is -0.346 e. The lowest BCUT2D eigenvalue weighted by molar-refractivity contribution is -0.121. The number of aromatic amines is 1. The number of rotatable bonds is 4. The normalized spacial score (nSPS) is 12.6. The van der Waals surface area contributed by atoms with Crippen LogP contribution in [0.2, 0.25) is 0 Å². The van der Waals surface area contributed by atoms with Gasteiger partial charge in [0.2, 0.25) is 5.91 Å². The van der Waals surface area contributed by atoms with E-state index in [4.69, 9.17) is 0 Å². The average Bonchev–Trinajstić information content (AvgIpc) is 3.17. The van der Waals surface area contributed by atoms with E-state index < -0.39 is 0 Å². The molecule has 3 heterocycles. The maximum absolute atomic E-state index is 12.4. The van der Waals surface area contributed by atoms with Crippen LogP contribution in [0.4, 0.5) is 0 Å². The van der Waals surface area contributed by atoms with Gasteiger partial charge in [-0.3, -0.25) is 4.79 Å². The maximum Gasteiger partial charge on any atom is 0.252 e. The van der Waals surface area contributed by atoms with Crippen LogP contribution < -0.4 is 5.32 Å². The second kappa shape index (κ2) is 6.46. The Morgan fingerprint density at radius 2 is 2.00 bits per heavy atom. The summed E-state index contributed by atoms with van der Waals surface area (Å²) in [6, 6.07) is 7.71. The predicted octanol–water partition coefficient (Wildman–Crippen LogP) is 2.35. The number of benzene rings is 1. The van der Waals surface area contributed by atoms with Crippen molar-refractivity contribution < 1.29 is 4.79 Å². The highest BCUT2D eigenvalue weighted by molar-refractivity contribution is 5.79. The van der Waals surface area contributed by atoms with Crippen molar-refractivity contribution in [3.05, 3.63) is 52.9 Å². The quantitative estimate of drug-likeness (QED) is 0.580. The van der Waals surface area contributed by atoms with Gasteiger partial charge in [-0.05, 0) is 51.5 Å². The van der Waals surface area contributed by atoms with Gasteiger partial charge < -0.3 is 10.3 Å². The molecule has 1 amide bonds. The lowest BCUT2D eigenvalue weighted by atomic mass is 10.2. The molecule has 27 heavy (non-hydrogen) atoms. The van der Waals surface area contributed by atoms with E-state index in [9.17, 15) is 4.79 Å². The van der Waals surface area contributed by atoms with E-state index in [-0.39, 0.29) is 18.4 Å². The van der Waals surface area contributed by atoms with Crippen molar-refractivity contribution >= 4 is 22.7 Å². The van der Waals surface area contributed by atoms with Crippen LogP contribution in [-0.4, -0.2) is 35.5 Å². The number of aromatic nitrogens is 6. The van der Waals surface area contributed by atoms with Crippen molar-refractivity contribution in [3.63, 3.8) is 0 Å². The van der Waals surface area contributed by atoms with Crippen LogP contribution in [0.3, 0.4) is 0 Å². The highest BCUT2D eigenvalue weighted by atomic mass is 16.1. The number of carbonyl (C=O) groups is 1. The number of hydrogen-bond donors (Lipinski definition) is 2. The minimum absolute atomic E-state index is 0.0888. The molecule has 4 rings (SSSR count). The summed E-state index contributed by atoms with van der Waals surface area (Å²) in [5.41, 5.74) is 4.81. The Balaban J connectivity index is 1.49. The molecule has 0 fully saturated rings. The predicted molar refractivity (Wildman–Crippen MR) is 101 cm³/mol. The Hall–Kier alpha value is -3.29. The van der Waals surface area contributed by atoms with E-state index in [0.29, 0.717) is 11.6 Å². The molecule has 0 aliphatic carbocycles. The summed E-state index contributed by atoms with van der Waals surface area (Å²) in [5.74, 6) is 1.52. The lowest BCUT2D eigenvalue weighted by Crippen LogP contribution is -2.29. The van der Waals surface area contributed by atoms with Crippen molar-refractivity contribution in [1.82, 2.24) is 34.9 Å². The van der Waals surface area contributed by atoms with Gasteiger partial charge in [0, 0.05) is 11.4 Å². The van der Waals surface area contributed by atoms with Gasteiger partial charge in [0.1, 0.15) is 5.82 Å². The van der Waals surface area contributed by atoms with Crippen molar-refractivity contribution in [2.24, 2.45) is 0 Å².